The van der Waals surface area contributed by atoms with Gasteiger partial charge < -0.3 is 16.4 Å². The summed E-state index contributed by atoms with van der Waals surface area (Å²) in [4.78, 5) is 41.2. The molecule has 8 heteroatoms. The van der Waals surface area contributed by atoms with Gasteiger partial charge in [-0.05, 0) is 25.0 Å². The van der Waals surface area contributed by atoms with Crippen molar-refractivity contribution in [1.29, 1.82) is 0 Å². The Labute approximate surface area is 127 Å². The van der Waals surface area contributed by atoms with Gasteiger partial charge in [0.1, 0.15) is 17.9 Å². The van der Waals surface area contributed by atoms with E-state index < -0.39 is 17.5 Å². The van der Waals surface area contributed by atoms with E-state index in [1.54, 1.807) is 12.1 Å². The van der Waals surface area contributed by atoms with Gasteiger partial charge in [0.2, 0.25) is 5.91 Å². The van der Waals surface area contributed by atoms with Crippen molar-refractivity contribution in [3.8, 4) is 0 Å². The monoisotopic (exact) mass is 303 g/mol. The molecule has 0 atom stereocenters. The lowest BCUT2D eigenvalue weighted by atomic mass is 9.98. The summed E-state index contributed by atoms with van der Waals surface area (Å²) in [7, 11) is 0. The molecular weight excluding hydrogens is 286 g/mol. The van der Waals surface area contributed by atoms with Crippen molar-refractivity contribution >= 4 is 29.4 Å². The first-order valence-corrected chi connectivity index (χ1v) is 7.16. The summed E-state index contributed by atoms with van der Waals surface area (Å²) in [6, 6.07) is 2.65. The maximum Gasteiger partial charge on any atom is 0.325 e. The van der Waals surface area contributed by atoms with Crippen molar-refractivity contribution < 1.29 is 14.4 Å². The summed E-state index contributed by atoms with van der Waals surface area (Å²) in [6.45, 7) is -0.309. The largest absolute Gasteiger partial charge is 0.384 e. The van der Waals surface area contributed by atoms with Crippen LogP contribution in [-0.4, -0.2) is 39.8 Å². The number of carbonyl (C=O) groups is 3. The van der Waals surface area contributed by atoms with Crippen LogP contribution < -0.4 is 16.4 Å². The molecule has 8 nitrogen and oxygen atoms in total. The van der Waals surface area contributed by atoms with Gasteiger partial charge in [-0.25, -0.2) is 9.78 Å². The Kier molecular flexibility index (Phi) is 3.44. The standard InChI is InChI=1S/C14H17N5O3/c15-10-4-3-9(7-16-10)17-11(20)8-19-12(21)14(18-13(19)22)5-1-2-6-14/h3-4,7H,1-2,5-6,8H2,(H2,15,16)(H,17,20)(H,18,22). The number of hydrogen-bond acceptors (Lipinski definition) is 5. The van der Waals surface area contributed by atoms with Gasteiger partial charge in [0.05, 0.1) is 11.9 Å². The van der Waals surface area contributed by atoms with Crippen molar-refractivity contribution in [2.75, 3.05) is 17.6 Å². The van der Waals surface area contributed by atoms with Gasteiger partial charge in [-0.2, -0.15) is 0 Å². The maximum atomic E-state index is 12.4. The molecule has 1 aliphatic heterocycles. The number of nitrogens with zero attached hydrogens (tertiary/aromatic N) is 2. The molecule has 1 aromatic rings. The van der Waals surface area contributed by atoms with Gasteiger partial charge in [0, 0.05) is 0 Å². The fraction of sp³-hybridized carbons (Fsp3) is 0.429. The summed E-state index contributed by atoms with van der Waals surface area (Å²) >= 11 is 0. The van der Waals surface area contributed by atoms with Crippen molar-refractivity contribution in [1.82, 2.24) is 15.2 Å². The van der Waals surface area contributed by atoms with E-state index in [1.165, 1.54) is 6.20 Å². The quantitative estimate of drug-likeness (QED) is 0.701. The predicted octanol–water partition coefficient (Wildman–Crippen LogP) is 0.467. The predicted molar refractivity (Wildman–Crippen MR) is 78.7 cm³/mol. The number of imide groups is 1. The molecule has 0 bridgehead atoms. The van der Waals surface area contributed by atoms with Crippen LogP contribution in [0.3, 0.4) is 0 Å². The lowest BCUT2D eigenvalue weighted by Crippen LogP contribution is -2.44. The van der Waals surface area contributed by atoms with Crippen molar-refractivity contribution in [2.24, 2.45) is 0 Å². The van der Waals surface area contributed by atoms with E-state index in [0.29, 0.717) is 24.3 Å². The minimum Gasteiger partial charge on any atom is -0.384 e. The van der Waals surface area contributed by atoms with Crippen LogP contribution in [0.4, 0.5) is 16.3 Å². The fourth-order valence-electron chi connectivity index (χ4n) is 2.96. The highest BCUT2D eigenvalue weighted by Gasteiger charge is 2.52. The molecule has 1 saturated carbocycles. The van der Waals surface area contributed by atoms with E-state index in [9.17, 15) is 14.4 Å². The zero-order valence-electron chi connectivity index (χ0n) is 12.0. The second-order valence-electron chi connectivity index (χ2n) is 5.63. The summed E-state index contributed by atoms with van der Waals surface area (Å²) in [5.41, 5.74) is 5.13. The molecule has 1 saturated heterocycles. The molecule has 1 aromatic heterocycles. The lowest BCUT2D eigenvalue weighted by Gasteiger charge is -2.19. The maximum absolute atomic E-state index is 12.4. The van der Waals surface area contributed by atoms with Crippen molar-refractivity contribution in [3.05, 3.63) is 18.3 Å². The van der Waals surface area contributed by atoms with Crippen LogP contribution >= 0.6 is 0 Å². The number of pyridine rings is 1. The van der Waals surface area contributed by atoms with Gasteiger partial charge in [0.15, 0.2) is 0 Å². The van der Waals surface area contributed by atoms with Crippen LogP contribution in [0.15, 0.2) is 18.3 Å². The molecule has 3 rings (SSSR count). The van der Waals surface area contributed by atoms with E-state index in [2.05, 4.69) is 15.6 Å². The van der Waals surface area contributed by atoms with E-state index >= 15 is 0 Å². The second-order valence-corrected chi connectivity index (χ2v) is 5.63. The highest BCUT2D eigenvalue weighted by molar-refractivity contribution is 6.10. The molecule has 0 radical (unpaired) electrons. The molecule has 1 spiro atoms. The van der Waals surface area contributed by atoms with Crippen molar-refractivity contribution in [3.63, 3.8) is 0 Å². The highest BCUT2D eigenvalue weighted by atomic mass is 16.2. The number of hydrogen-bond donors (Lipinski definition) is 3. The molecule has 4 N–H and O–H groups in total. The van der Waals surface area contributed by atoms with Gasteiger partial charge >= 0.3 is 6.03 Å². The minimum absolute atomic E-state index is 0.305. The number of nitrogens with one attached hydrogen (secondary N) is 2. The van der Waals surface area contributed by atoms with E-state index in [0.717, 1.165) is 17.7 Å². The highest BCUT2D eigenvalue weighted by Crippen LogP contribution is 2.34. The Balaban J connectivity index is 1.65. The number of urea groups is 1. The molecular formula is C14H17N5O3. The number of aromatic nitrogens is 1. The van der Waals surface area contributed by atoms with Crippen molar-refractivity contribution in [2.45, 2.75) is 31.2 Å². The Morgan fingerprint density at radius 2 is 2.09 bits per heavy atom. The molecule has 4 amide bonds. The zero-order chi connectivity index (χ0) is 15.7. The third-order valence-electron chi connectivity index (χ3n) is 4.07. The number of rotatable bonds is 3. The van der Waals surface area contributed by atoms with E-state index in [-0.39, 0.29) is 12.5 Å². The third-order valence-corrected chi connectivity index (χ3v) is 4.07. The number of nitrogens with two attached hydrogens (primary N) is 1. The average molecular weight is 303 g/mol. The Morgan fingerprint density at radius 3 is 2.73 bits per heavy atom. The molecule has 2 fully saturated rings. The first-order valence-electron chi connectivity index (χ1n) is 7.16. The van der Waals surface area contributed by atoms with Gasteiger partial charge in [-0.15, -0.1) is 0 Å². The summed E-state index contributed by atoms with van der Waals surface area (Å²) < 4.78 is 0. The summed E-state index contributed by atoms with van der Waals surface area (Å²) in [6.07, 6.45) is 4.50. The number of carbonyl (C=O) groups excluding carboxylic acids is 3. The minimum atomic E-state index is -0.792. The Bertz CT molecular complexity index is 622. The summed E-state index contributed by atoms with van der Waals surface area (Å²) in [5, 5.41) is 5.32. The summed E-state index contributed by atoms with van der Waals surface area (Å²) in [5.74, 6) is -0.416. The molecule has 2 aliphatic rings. The van der Waals surface area contributed by atoms with E-state index in [1.807, 2.05) is 0 Å². The third kappa shape index (κ3) is 2.47. The second kappa shape index (κ2) is 5.28. The molecule has 2 heterocycles. The number of anilines is 2. The fourth-order valence-corrected chi connectivity index (χ4v) is 2.96. The van der Waals surface area contributed by atoms with Gasteiger partial charge in [-0.1, -0.05) is 12.8 Å². The normalized spacial score (nSPS) is 19.5. The SMILES string of the molecule is Nc1ccc(NC(=O)CN2C(=O)NC3(CCCC3)C2=O)cn1. The molecule has 0 unspecified atom stereocenters. The number of nitrogen functional groups attached to an aromatic ring is 1. The topological polar surface area (TPSA) is 117 Å². The van der Waals surface area contributed by atoms with Crippen LogP contribution in [0.5, 0.6) is 0 Å². The van der Waals surface area contributed by atoms with Gasteiger partial charge in [0.25, 0.3) is 5.91 Å². The molecule has 1 aliphatic carbocycles. The molecule has 0 aromatic carbocycles. The average Bonchev–Trinajstić information content (AvgIpc) is 3.03. The Morgan fingerprint density at radius 1 is 1.36 bits per heavy atom. The zero-order valence-corrected chi connectivity index (χ0v) is 12.0. The Hall–Kier alpha value is -2.64. The molecule has 116 valence electrons. The van der Waals surface area contributed by atoms with Crippen LogP contribution in [0, 0.1) is 0 Å². The number of amides is 4. The van der Waals surface area contributed by atoms with Crippen LogP contribution in [0.1, 0.15) is 25.7 Å². The molecule has 22 heavy (non-hydrogen) atoms. The van der Waals surface area contributed by atoms with Crippen LogP contribution in [0.25, 0.3) is 0 Å². The lowest BCUT2D eigenvalue weighted by molar-refractivity contribution is -0.133. The van der Waals surface area contributed by atoms with E-state index in [4.69, 9.17) is 5.73 Å². The van der Waals surface area contributed by atoms with Crippen LogP contribution in [-0.2, 0) is 9.59 Å². The smallest absolute Gasteiger partial charge is 0.325 e. The first kappa shape index (κ1) is 14.3. The first-order chi connectivity index (χ1) is 10.5. The van der Waals surface area contributed by atoms with Crippen LogP contribution in [0.2, 0.25) is 0 Å². The van der Waals surface area contributed by atoms with Gasteiger partial charge in [-0.3, -0.25) is 14.5 Å².